The Hall–Kier alpha value is -2.32. The van der Waals surface area contributed by atoms with Gasteiger partial charge in [0.25, 0.3) is 5.69 Å². The molecule has 2 aromatic rings. The van der Waals surface area contributed by atoms with E-state index >= 15 is 0 Å². The highest BCUT2D eigenvalue weighted by Gasteiger charge is 2.23. The average Bonchev–Trinajstić information content (AvgIpc) is 2.51. The summed E-state index contributed by atoms with van der Waals surface area (Å²) in [4.78, 5) is 10.5. The van der Waals surface area contributed by atoms with Gasteiger partial charge in [0.2, 0.25) is 0 Å². The number of nitrogens with one attached hydrogen (secondary N) is 2. The molecule has 116 valence electrons. The SMILES string of the molecule is COc1cc([N+](=O)[O-])c(Br)c(CNNc2ccccc2)c1O. The summed E-state index contributed by atoms with van der Waals surface area (Å²) in [6.45, 7) is 0.152. The van der Waals surface area contributed by atoms with E-state index in [1.165, 1.54) is 13.2 Å². The fraction of sp³-hybridized carbons (Fsp3) is 0.143. The van der Waals surface area contributed by atoms with Crippen molar-refractivity contribution < 1.29 is 14.8 Å². The Morgan fingerprint density at radius 1 is 1.36 bits per heavy atom. The molecule has 0 aliphatic heterocycles. The Morgan fingerprint density at radius 3 is 2.64 bits per heavy atom. The number of para-hydroxylation sites is 1. The van der Waals surface area contributed by atoms with Crippen molar-refractivity contribution in [1.82, 2.24) is 5.43 Å². The lowest BCUT2D eigenvalue weighted by molar-refractivity contribution is -0.385. The minimum atomic E-state index is -0.542. The molecule has 7 nitrogen and oxygen atoms in total. The van der Waals surface area contributed by atoms with E-state index in [0.29, 0.717) is 5.56 Å². The van der Waals surface area contributed by atoms with Crippen LogP contribution in [0, 0.1) is 10.1 Å². The van der Waals surface area contributed by atoms with Crippen LogP contribution < -0.4 is 15.6 Å². The number of nitro groups is 1. The van der Waals surface area contributed by atoms with E-state index in [-0.39, 0.29) is 28.2 Å². The molecule has 0 heterocycles. The number of nitrogens with zero attached hydrogens (tertiary/aromatic N) is 1. The van der Waals surface area contributed by atoms with Crippen LogP contribution in [0.3, 0.4) is 0 Å². The van der Waals surface area contributed by atoms with E-state index in [4.69, 9.17) is 4.74 Å². The maximum Gasteiger partial charge on any atom is 0.287 e. The molecule has 0 amide bonds. The van der Waals surface area contributed by atoms with Crippen LogP contribution in [0.4, 0.5) is 11.4 Å². The zero-order valence-corrected chi connectivity index (χ0v) is 13.3. The summed E-state index contributed by atoms with van der Waals surface area (Å²) in [6.07, 6.45) is 0. The molecule has 0 saturated carbocycles. The average molecular weight is 368 g/mol. The number of anilines is 1. The molecule has 0 saturated heterocycles. The summed E-state index contributed by atoms with van der Waals surface area (Å²) in [7, 11) is 1.34. The first-order valence-corrected chi connectivity index (χ1v) is 7.10. The van der Waals surface area contributed by atoms with Gasteiger partial charge < -0.3 is 15.3 Å². The van der Waals surface area contributed by atoms with Crippen molar-refractivity contribution in [1.29, 1.82) is 0 Å². The van der Waals surface area contributed by atoms with Crippen molar-refractivity contribution in [2.45, 2.75) is 6.54 Å². The molecular formula is C14H14BrN3O4. The topological polar surface area (TPSA) is 96.7 Å². The van der Waals surface area contributed by atoms with Gasteiger partial charge in [-0.2, -0.15) is 0 Å². The largest absolute Gasteiger partial charge is 0.504 e. The van der Waals surface area contributed by atoms with Gasteiger partial charge in [-0.05, 0) is 28.1 Å². The maximum absolute atomic E-state index is 11.1. The molecule has 0 aliphatic carbocycles. The van der Waals surface area contributed by atoms with Gasteiger partial charge in [-0.3, -0.25) is 10.1 Å². The van der Waals surface area contributed by atoms with Crippen LogP contribution >= 0.6 is 15.9 Å². The fourth-order valence-corrected chi connectivity index (χ4v) is 2.46. The van der Waals surface area contributed by atoms with Crippen molar-refractivity contribution in [3.63, 3.8) is 0 Å². The number of hydrogen-bond acceptors (Lipinski definition) is 6. The number of phenols is 1. The number of nitro benzene ring substituents is 1. The van der Waals surface area contributed by atoms with Crippen LogP contribution in [0.1, 0.15) is 5.56 Å². The van der Waals surface area contributed by atoms with E-state index in [1.54, 1.807) is 0 Å². The predicted molar refractivity (Wildman–Crippen MR) is 85.9 cm³/mol. The van der Waals surface area contributed by atoms with Crippen LogP contribution in [-0.4, -0.2) is 17.1 Å². The molecule has 3 N–H and O–H groups in total. The van der Waals surface area contributed by atoms with E-state index in [9.17, 15) is 15.2 Å². The lowest BCUT2D eigenvalue weighted by Gasteiger charge is -2.13. The number of aromatic hydroxyl groups is 1. The van der Waals surface area contributed by atoms with Crippen molar-refractivity contribution in [3.05, 3.63) is 56.5 Å². The number of ether oxygens (including phenoxy) is 1. The van der Waals surface area contributed by atoms with E-state index in [0.717, 1.165) is 5.69 Å². The third-order valence-corrected chi connectivity index (χ3v) is 3.85. The zero-order valence-electron chi connectivity index (χ0n) is 11.7. The molecule has 0 fully saturated rings. The summed E-state index contributed by atoms with van der Waals surface area (Å²) in [5, 5.41) is 21.2. The Bertz CT molecular complexity index is 680. The Labute approximate surface area is 135 Å². The number of hydrogen-bond donors (Lipinski definition) is 3. The molecule has 2 rings (SSSR count). The molecule has 8 heteroatoms. The summed E-state index contributed by atoms with van der Waals surface area (Å²) in [5.41, 5.74) is 6.82. The first-order chi connectivity index (χ1) is 10.5. The summed E-state index contributed by atoms with van der Waals surface area (Å²) in [6, 6.07) is 10.5. The molecule has 22 heavy (non-hydrogen) atoms. The molecule has 0 radical (unpaired) electrons. The molecule has 2 aromatic carbocycles. The zero-order chi connectivity index (χ0) is 16.1. The molecule has 0 bridgehead atoms. The number of phenolic OH excluding ortho intramolecular Hbond substituents is 1. The molecule has 0 unspecified atom stereocenters. The predicted octanol–water partition coefficient (Wildman–Crippen LogP) is 3.19. The molecule has 0 spiro atoms. The summed E-state index contributed by atoms with van der Waals surface area (Å²) >= 11 is 3.16. The number of rotatable bonds is 6. The smallest absolute Gasteiger partial charge is 0.287 e. The second kappa shape index (κ2) is 7.10. The van der Waals surface area contributed by atoms with Gasteiger partial charge in [0, 0.05) is 17.8 Å². The highest BCUT2D eigenvalue weighted by molar-refractivity contribution is 9.10. The monoisotopic (exact) mass is 367 g/mol. The lowest BCUT2D eigenvalue weighted by Crippen LogP contribution is -2.21. The third kappa shape index (κ3) is 3.46. The molecule has 0 aliphatic rings. The summed E-state index contributed by atoms with van der Waals surface area (Å²) in [5.74, 6) is -0.103. The van der Waals surface area contributed by atoms with Gasteiger partial charge in [0.1, 0.15) is 4.47 Å². The normalized spacial score (nSPS) is 10.3. The molecular weight excluding hydrogens is 354 g/mol. The van der Waals surface area contributed by atoms with Crippen LogP contribution in [0.25, 0.3) is 0 Å². The van der Waals surface area contributed by atoms with E-state index < -0.39 is 4.92 Å². The lowest BCUT2D eigenvalue weighted by atomic mass is 10.1. The minimum Gasteiger partial charge on any atom is -0.504 e. The third-order valence-electron chi connectivity index (χ3n) is 2.97. The van der Waals surface area contributed by atoms with E-state index in [1.807, 2.05) is 30.3 Å². The number of hydrazine groups is 1. The summed E-state index contributed by atoms with van der Waals surface area (Å²) < 4.78 is 5.18. The van der Waals surface area contributed by atoms with Gasteiger partial charge in [-0.1, -0.05) is 18.2 Å². The van der Waals surface area contributed by atoms with Gasteiger partial charge in [0.05, 0.1) is 18.1 Å². The van der Waals surface area contributed by atoms with Crippen LogP contribution in [0.15, 0.2) is 40.9 Å². The van der Waals surface area contributed by atoms with Crippen LogP contribution in [0.2, 0.25) is 0 Å². The van der Waals surface area contributed by atoms with Crippen LogP contribution in [-0.2, 0) is 6.54 Å². The Morgan fingerprint density at radius 2 is 2.05 bits per heavy atom. The van der Waals surface area contributed by atoms with Crippen molar-refractivity contribution in [2.24, 2.45) is 0 Å². The highest BCUT2D eigenvalue weighted by atomic mass is 79.9. The van der Waals surface area contributed by atoms with Crippen molar-refractivity contribution in [2.75, 3.05) is 12.5 Å². The van der Waals surface area contributed by atoms with E-state index in [2.05, 4.69) is 26.8 Å². The van der Waals surface area contributed by atoms with Crippen molar-refractivity contribution >= 4 is 27.3 Å². The minimum absolute atomic E-state index is 0.0476. The Kier molecular flexibility index (Phi) is 5.18. The van der Waals surface area contributed by atoms with Gasteiger partial charge in [-0.15, -0.1) is 0 Å². The van der Waals surface area contributed by atoms with Gasteiger partial charge in [-0.25, -0.2) is 5.43 Å². The maximum atomic E-state index is 11.1. The fourth-order valence-electron chi connectivity index (χ4n) is 1.87. The van der Waals surface area contributed by atoms with Gasteiger partial charge in [0.15, 0.2) is 11.5 Å². The standard InChI is InChI=1S/C14H14BrN3O4/c1-22-12-7-11(18(20)21)13(15)10(14(12)19)8-16-17-9-5-3-2-4-6-9/h2-7,16-17,19H,8H2,1H3. The number of benzene rings is 2. The Balaban J connectivity index is 2.22. The first-order valence-electron chi connectivity index (χ1n) is 6.31. The van der Waals surface area contributed by atoms with Gasteiger partial charge >= 0.3 is 0 Å². The van der Waals surface area contributed by atoms with Crippen LogP contribution in [0.5, 0.6) is 11.5 Å². The number of halogens is 1. The highest BCUT2D eigenvalue weighted by Crippen LogP contribution is 2.41. The number of methoxy groups -OCH3 is 1. The second-order valence-electron chi connectivity index (χ2n) is 4.34. The molecule has 0 atom stereocenters. The quantitative estimate of drug-likeness (QED) is 0.535. The first kappa shape index (κ1) is 16.1. The molecule has 0 aromatic heterocycles. The second-order valence-corrected chi connectivity index (χ2v) is 5.13. The van der Waals surface area contributed by atoms with Crippen molar-refractivity contribution in [3.8, 4) is 11.5 Å².